The molecule has 0 spiro atoms. The molecule has 10 heteroatoms. The van der Waals surface area contributed by atoms with E-state index in [-0.39, 0.29) is 24.4 Å². The number of aromatic nitrogens is 4. The summed E-state index contributed by atoms with van der Waals surface area (Å²) in [5.74, 6) is 1.25. The number of likely N-dealkylation sites (tertiary alicyclic amines) is 1. The molecule has 8 nitrogen and oxygen atoms in total. The van der Waals surface area contributed by atoms with Crippen LogP contribution in [0, 0.1) is 12.7 Å². The van der Waals surface area contributed by atoms with Crippen LogP contribution >= 0.6 is 0 Å². The first-order valence-corrected chi connectivity index (χ1v) is 13.1. The standard InChI is InChI=1S/C27H35F2N7O/c1-18(2)37-25-14-30-17-31-26(25)33-36-10-7-21(23(29)15-36)27-32-24(20-5-6-22(28)19(3)13-20)16-35(27)12-11-34-8-4-9-34/h5-6,13-14,16-18,21,23H,4,7-12,15H2,1-3H3,(H,30,31,33)/t21?,23-/m1/s1. The van der Waals surface area contributed by atoms with E-state index in [4.69, 9.17) is 9.72 Å². The Morgan fingerprint density at radius 1 is 1.19 bits per heavy atom. The molecule has 1 unspecified atom stereocenters. The van der Waals surface area contributed by atoms with Crippen molar-refractivity contribution in [2.45, 2.75) is 58.4 Å². The number of anilines is 1. The lowest BCUT2D eigenvalue weighted by molar-refractivity contribution is 0.129. The van der Waals surface area contributed by atoms with Crippen LogP contribution in [-0.2, 0) is 6.54 Å². The lowest BCUT2D eigenvalue weighted by atomic mass is 9.94. The molecule has 0 saturated carbocycles. The Hall–Kier alpha value is -3.11. The third kappa shape index (κ3) is 5.91. The molecular weight excluding hydrogens is 476 g/mol. The van der Waals surface area contributed by atoms with Gasteiger partial charge in [-0.05, 0) is 70.5 Å². The monoisotopic (exact) mass is 511 g/mol. The number of imidazole rings is 1. The minimum absolute atomic E-state index is 0.0274. The molecule has 2 fully saturated rings. The number of aryl methyl sites for hydroxylation is 1. The highest BCUT2D eigenvalue weighted by molar-refractivity contribution is 5.60. The van der Waals surface area contributed by atoms with Crippen molar-refractivity contribution in [2.24, 2.45) is 0 Å². The van der Waals surface area contributed by atoms with Crippen molar-refractivity contribution in [3.05, 3.63) is 54.1 Å². The van der Waals surface area contributed by atoms with Gasteiger partial charge in [0.05, 0.1) is 30.5 Å². The van der Waals surface area contributed by atoms with Gasteiger partial charge in [-0.2, -0.15) is 0 Å². The van der Waals surface area contributed by atoms with Crippen molar-refractivity contribution in [1.29, 1.82) is 0 Å². The number of hydrazine groups is 1. The van der Waals surface area contributed by atoms with E-state index < -0.39 is 6.17 Å². The Morgan fingerprint density at radius 3 is 2.73 bits per heavy atom. The Balaban J connectivity index is 1.33. The number of alkyl halides is 1. The quantitative estimate of drug-likeness (QED) is 0.456. The molecule has 0 aliphatic carbocycles. The first-order valence-electron chi connectivity index (χ1n) is 13.1. The zero-order valence-corrected chi connectivity index (χ0v) is 21.7. The maximum absolute atomic E-state index is 15.7. The van der Waals surface area contributed by atoms with Gasteiger partial charge in [-0.15, -0.1) is 0 Å². The van der Waals surface area contributed by atoms with E-state index in [9.17, 15) is 4.39 Å². The summed E-state index contributed by atoms with van der Waals surface area (Å²) in [7, 11) is 0. The molecule has 1 aromatic carbocycles. The fourth-order valence-corrected chi connectivity index (χ4v) is 4.89. The van der Waals surface area contributed by atoms with Crippen molar-refractivity contribution < 1.29 is 13.5 Å². The van der Waals surface area contributed by atoms with E-state index in [1.54, 1.807) is 25.3 Å². The lowest BCUT2D eigenvalue weighted by Crippen LogP contribution is -2.45. The Labute approximate surface area is 216 Å². The molecule has 1 N–H and O–H groups in total. The zero-order chi connectivity index (χ0) is 25.9. The predicted octanol–water partition coefficient (Wildman–Crippen LogP) is 4.44. The van der Waals surface area contributed by atoms with E-state index in [1.807, 2.05) is 25.1 Å². The van der Waals surface area contributed by atoms with E-state index in [2.05, 4.69) is 24.9 Å². The van der Waals surface area contributed by atoms with Gasteiger partial charge in [-0.3, -0.25) is 5.43 Å². The number of benzene rings is 1. The van der Waals surface area contributed by atoms with Gasteiger partial charge in [0.1, 0.15) is 24.1 Å². The van der Waals surface area contributed by atoms with Crippen LogP contribution in [0.15, 0.2) is 36.9 Å². The van der Waals surface area contributed by atoms with Crippen LogP contribution in [0.25, 0.3) is 11.3 Å². The SMILES string of the molecule is Cc1cc(-c2cn(CCN3CCC3)c(C3CCN(Nc4ncncc4OC(C)C)C[C@H]3F)n2)ccc1F. The molecule has 37 heavy (non-hydrogen) atoms. The van der Waals surface area contributed by atoms with Gasteiger partial charge in [-0.1, -0.05) is 0 Å². The number of nitrogens with zero attached hydrogens (tertiary/aromatic N) is 6. The molecule has 0 bridgehead atoms. The van der Waals surface area contributed by atoms with Crippen LogP contribution < -0.4 is 10.2 Å². The first kappa shape index (κ1) is 25.5. The molecule has 5 rings (SSSR count). The molecular formula is C27H35F2N7O. The highest BCUT2D eigenvalue weighted by atomic mass is 19.1. The van der Waals surface area contributed by atoms with E-state index >= 15 is 4.39 Å². The summed E-state index contributed by atoms with van der Waals surface area (Å²) >= 11 is 0. The molecule has 2 aliphatic heterocycles. The molecule has 2 atom stereocenters. The predicted molar refractivity (Wildman–Crippen MR) is 139 cm³/mol. The van der Waals surface area contributed by atoms with Gasteiger partial charge >= 0.3 is 0 Å². The second-order valence-electron chi connectivity index (χ2n) is 10.2. The van der Waals surface area contributed by atoms with Crippen LogP contribution in [0.1, 0.15) is 44.0 Å². The second-order valence-corrected chi connectivity index (χ2v) is 10.2. The molecule has 4 heterocycles. The Kier molecular flexibility index (Phi) is 7.66. The van der Waals surface area contributed by atoms with Crippen LogP contribution in [0.5, 0.6) is 5.75 Å². The van der Waals surface area contributed by atoms with Crippen LogP contribution in [0.4, 0.5) is 14.6 Å². The number of ether oxygens (including phenoxy) is 1. The fourth-order valence-electron chi connectivity index (χ4n) is 4.89. The summed E-state index contributed by atoms with van der Waals surface area (Å²) in [6.45, 7) is 10.3. The highest BCUT2D eigenvalue weighted by Gasteiger charge is 2.34. The number of hydrogen-bond acceptors (Lipinski definition) is 7. The van der Waals surface area contributed by atoms with E-state index in [1.165, 1.54) is 18.8 Å². The topological polar surface area (TPSA) is 71.3 Å². The number of halogens is 2. The van der Waals surface area contributed by atoms with E-state index in [0.717, 1.165) is 43.3 Å². The molecule has 2 aliphatic rings. The zero-order valence-electron chi connectivity index (χ0n) is 21.7. The van der Waals surface area contributed by atoms with Crippen molar-refractivity contribution >= 4 is 5.82 Å². The van der Waals surface area contributed by atoms with Gasteiger partial charge in [0.25, 0.3) is 0 Å². The summed E-state index contributed by atoms with van der Waals surface area (Å²) in [6, 6.07) is 5.02. The van der Waals surface area contributed by atoms with Gasteiger partial charge in [0.15, 0.2) is 11.6 Å². The third-order valence-corrected chi connectivity index (χ3v) is 7.05. The summed E-state index contributed by atoms with van der Waals surface area (Å²) < 4.78 is 37.5. The van der Waals surface area contributed by atoms with Crippen molar-refractivity contribution in [1.82, 2.24) is 29.4 Å². The van der Waals surface area contributed by atoms with Gasteiger partial charge < -0.3 is 14.2 Å². The minimum atomic E-state index is -1.12. The smallest absolute Gasteiger partial charge is 0.186 e. The maximum atomic E-state index is 15.7. The van der Waals surface area contributed by atoms with Crippen molar-refractivity contribution in [3.63, 3.8) is 0 Å². The average molecular weight is 512 g/mol. The molecule has 2 saturated heterocycles. The maximum Gasteiger partial charge on any atom is 0.186 e. The number of nitrogens with one attached hydrogen (secondary N) is 1. The molecule has 0 radical (unpaired) electrons. The number of rotatable bonds is 9. The first-order chi connectivity index (χ1) is 17.9. The fraction of sp³-hybridized carbons (Fsp3) is 0.519. The molecule has 198 valence electrons. The molecule has 0 amide bonds. The third-order valence-electron chi connectivity index (χ3n) is 7.05. The minimum Gasteiger partial charge on any atom is -0.485 e. The van der Waals surface area contributed by atoms with E-state index in [0.29, 0.717) is 30.1 Å². The van der Waals surface area contributed by atoms with Crippen LogP contribution in [0.2, 0.25) is 0 Å². The summed E-state index contributed by atoms with van der Waals surface area (Å²) in [5, 5.41) is 1.84. The molecule has 3 aromatic rings. The lowest BCUT2D eigenvalue weighted by Gasteiger charge is -2.35. The summed E-state index contributed by atoms with van der Waals surface area (Å²) in [5.41, 5.74) is 5.39. The van der Waals surface area contributed by atoms with Crippen LogP contribution in [0.3, 0.4) is 0 Å². The summed E-state index contributed by atoms with van der Waals surface area (Å²) in [4.78, 5) is 15.6. The highest BCUT2D eigenvalue weighted by Crippen LogP contribution is 2.33. The Bertz CT molecular complexity index is 1210. The number of piperidine rings is 1. The average Bonchev–Trinajstić information content (AvgIpc) is 3.25. The summed E-state index contributed by atoms with van der Waals surface area (Å²) in [6.07, 6.45) is 5.74. The van der Waals surface area contributed by atoms with Gasteiger partial charge in [0.2, 0.25) is 0 Å². The van der Waals surface area contributed by atoms with Crippen molar-refractivity contribution in [3.8, 4) is 17.0 Å². The molecule has 2 aromatic heterocycles. The Morgan fingerprint density at radius 2 is 2.03 bits per heavy atom. The van der Waals surface area contributed by atoms with Gasteiger partial charge in [-0.25, -0.2) is 28.7 Å². The normalized spacial score (nSPS) is 20.7. The largest absolute Gasteiger partial charge is 0.485 e. The van der Waals surface area contributed by atoms with Gasteiger partial charge in [0, 0.05) is 31.4 Å². The second kappa shape index (κ2) is 11.1. The number of hydrogen-bond donors (Lipinski definition) is 1. The van der Waals surface area contributed by atoms with Crippen molar-refractivity contribution in [2.75, 3.05) is 38.1 Å². The van der Waals surface area contributed by atoms with Crippen LogP contribution in [-0.4, -0.2) is 74.4 Å².